The molecule has 0 spiro atoms. The monoisotopic (exact) mass is 379 g/mol. The predicted octanol–water partition coefficient (Wildman–Crippen LogP) is 5.34. The summed E-state index contributed by atoms with van der Waals surface area (Å²) in [6, 6.07) is 10.1. The van der Waals surface area contributed by atoms with Crippen LogP contribution in [0.2, 0.25) is 5.02 Å². The molecule has 1 heterocycles. The van der Waals surface area contributed by atoms with Crippen LogP contribution in [0, 0.1) is 6.92 Å². The Labute approximate surface area is 152 Å². The molecule has 0 unspecified atom stereocenters. The Kier molecular flexibility index (Phi) is 4.94. The zero-order valence-electron chi connectivity index (χ0n) is 13.5. The number of nitrogens with one attached hydrogen (secondary N) is 2. The second kappa shape index (κ2) is 7.17. The molecule has 0 saturated carbocycles. The number of aromatic nitrogens is 3. The van der Waals surface area contributed by atoms with Gasteiger partial charge in [0.1, 0.15) is 0 Å². The van der Waals surface area contributed by atoms with E-state index in [1.54, 1.807) is 12.1 Å². The van der Waals surface area contributed by atoms with Crippen LogP contribution in [0.25, 0.3) is 0 Å². The molecule has 1 aromatic heterocycles. The van der Waals surface area contributed by atoms with Crippen molar-refractivity contribution in [2.45, 2.75) is 13.1 Å². The lowest BCUT2D eigenvalue weighted by Gasteiger charge is -2.11. The Balaban J connectivity index is 1.81. The topological polar surface area (TPSA) is 62.7 Å². The van der Waals surface area contributed by atoms with Crippen molar-refractivity contribution in [1.82, 2.24) is 15.2 Å². The van der Waals surface area contributed by atoms with Gasteiger partial charge in [-0.25, -0.2) is 0 Å². The second-order valence-electron chi connectivity index (χ2n) is 5.45. The normalized spacial score (nSPS) is 11.3. The Morgan fingerprint density at radius 1 is 1.04 bits per heavy atom. The molecule has 0 aliphatic heterocycles. The van der Waals surface area contributed by atoms with Gasteiger partial charge in [0.25, 0.3) is 0 Å². The molecular formula is C17H13ClF3N5. The van der Waals surface area contributed by atoms with Crippen LogP contribution < -0.4 is 10.6 Å². The van der Waals surface area contributed by atoms with E-state index in [0.717, 1.165) is 23.4 Å². The van der Waals surface area contributed by atoms with Gasteiger partial charge in [0.15, 0.2) is 5.82 Å². The van der Waals surface area contributed by atoms with Gasteiger partial charge in [-0.05, 0) is 42.8 Å². The number of hydrogen-bond donors (Lipinski definition) is 2. The van der Waals surface area contributed by atoms with Crippen LogP contribution >= 0.6 is 11.6 Å². The Bertz CT molecular complexity index is 930. The summed E-state index contributed by atoms with van der Waals surface area (Å²) in [6.45, 7) is 1.90. The van der Waals surface area contributed by atoms with E-state index in [1.807, 2.05) is 13.0 Å². The Morgan fingerprint density at radius 2 is 1.85 bits per heavy atom. The number of aryl methyl sites for hydroxylation is 1. The minimum Gasteiger partial charge on any atom is -0.339 e. The first-order valence-corrected chi connectivity index (χ1v) is 7.86. The fourth-order valence-electron chi connectivity index (χ4n) is 2.19. The molecule has 2 N–H and O–H groups in total. The van der Waals surface area contributed by atoms with Gasteiger partial charge in [0.05, 0.1) is 11.8 Å². The summed E-state index contributed by atoms with van der Waals surface area (Å²) in [5, 5.41) is 13.9. The van der Waals surface area contributed by atoms with Crippen LogP contribution in [-0.2, 0) is 6.18 Å². The van der Waals surface area contributed by atoms with Crippen LogP contribution in [0.15, 0.2) is 48.7 Å². The van der Waals surface area contributed by atoms with Gasteiger partial charge < -0.3 is 10.6 Å². The number of alkyl halides is 3. The molecule has 0 fully saturated rings. The van der Waals surface area contributed by atoms with Crippen LogP contribution in [0.4, 0.5) is 36.3 Å². The van der Waals surface area contributed by atoms with Crippen molar-refractivity contribution in [3.8, 4) is 0 Å². The molecule has 0 saturated heterocycles. The van der Waals surface area contributed by atoms with Gasteiger partial charge in [-0.3, -0.25) is 0 Å². The fraction of sp³-hybridized carbons (Fsp3) is 0.118. The minimum absolute atomic E-state index is 0.0639. The largest absolute Gasteiger partial charge is 0.416 e. The number of nitrogens with zero attached hydrogens (tertiary/aromatic N) is 3. The third-order valence-corrected chi connectivity index (χ3v) is 3.70. The lowest BCUT2D eigenvalue weighted by Crippen LogP contribution is -2.06. The summed E-state index contributed by atoms with van der Waals surface area (Å²) in [4.78, 5) is 4.21. The molecule has 9 heteroatoms. The summed E-state index contributed by atoms with van der Waals surface area (Å²) >= 11 is 5.98. The van der Waals surface area contributed by atoms with Gasteiger partial charge in [0.2, 0.25) is 5.95 Å². The van der Waals surface area contributed by atoms with Gasteiger partial charge in [0, 0.05) is 16.4 Å². The maximum atomic E-state index is 12.8. The van der Waals surface area contributed by atoms with E-state index in [4.69, 9.17) is 11.6 Å². The molecule has 3 aromatic rings. The van der Waals surface area contributed by atoms with Crippen LogP contribution in [0.1, 0.15) is 11.1 Å². The van der Waals surface area contributed by atoms with Crippen LogP contribution in [0.5, 0.6) is 0 Å². The lowest BCUT2D eigenvalue weighted by atomic mass is 10.2. The Hall–Kier alpha value is -2.87. The summed E-state index contributed by atoms with van der Waals surface area (Å²) in [5.41, 5.74) is 1.13. The molecule has 2 aromatic carbocycles. The van der Waals surface area contributed by atoms with E-state index >= 15 is 0 Å². The first-order chi connectivity index (χ1) is 12.3. The molecule has 26 heavy (non-hydrogen) atoms. The SMILES string of the molecule is Cc1ccc(Cl)cc1Nc1cnnc(Nc2cccc(C(F)(F)F)c2)n1. The van der Waals surface area contributed by atoms with E-state index in [0.29, 0.717) is 10.8 Å². The van der Waals surface area contributed by atoms with E-state index in [-0.39, 0.29) is 11.6 Å². The molecule has 134 valence electrons. The molecule has 5 nitrogen and oxygen atoms in total. The van der Waals surface area contributed by atoms with Gasteiger partial charge in [-0.15, -0.1) is 5.10 Å². The third kappa shape index (κ3) is 4.40. The predicted molar refractivity (Wildman–Crippen MR) is 94.0 cm³/mol. The summed E-state index contributed by atoms with van der Waals surface area (Å²) in [5.74, 6) is 0.439. The van der Waals surface area contributed by atoms with E-state index in [2.05, 4.69) is 25.8 Å². The van der Waals surface area contributed by atoms with Crippen molar-refractivity contribution in [1.29, 1.82) is 0 Å². The summed E-state index contributed by atoms with van der Waals surface area (Å²) in [6.07, 6.45) is -3.03. The number of benzene rings is 2. The zero-order chi connectivity index (χ0) is 18.7. The van der Waals surface area contributed by atoms with E-state index in [1.165, 1.54) is 18.3 Å². The van der Waals surface area contributed by atoms with Crippen molar-refractivity contribution in [2.75, 3.05) is 10.6 Å². The summed E-state index contributed by atoms with van der Waals surface area (Å²) < 4.78 is 38.4. The maximum absolute atomic E-state index is 12.8. The third-order valence-electron chi connectivity index (χ3n) is 3.47. The summed E-state index contributed by atoms with van der Waals surface area (Å²) in [7, 11) is 0. The van der Waals surface area contributed by atoms with Crippen molar-refractivity contribution < 1.29 is 13.2 Å². The Morgan fingerprint density at radius 3 is 2.62 bits per heavy atom. The maximum Gasteiger partial charge on any atom is 0.416 e. The quantitative estimate of drug-likeness (QED) is 0.640. The average Bonchev–Trinajstić information content (AvgIpc) is 2.58. The highest BCUT2D eigenvalue weighted by Gasteiger charge is 2.30. The fourth-order valence-corrected chi connectivity index (χ4v) is 2.36. The van der Waals surface area contributed by atoms with Crippen LogP contribution in [0.3, 0.4) is 0 Å². The highest BCUT2D eigenvalue weighted by molar-refractivity contribution is 6.30. The second-order valence-corrected chi connectivity index (χ2v) is 5.89. The first kappa shape index (κ1) is 17.9. The van der Waals surface area contributed by atoms with Crippen molar-refractivity contribution in [3.63, 3.8) is 0 Å². The number of hydrogen-bond acceptors (Lipinski definition) is 5. The van der Waals surface area contributed by atoms with Crippen molar-refractivity contribution in [3.05, 3.63) is 64.8 Å². The molecule has 0 bridgehead atoms. The zero-order valence-corrected chi connectivity index (χ0v) is 14.2. The molecule has 3 rings (SSSR count). The van der Waals surface area contributed by atoms with E-state index < -0.39 is 11.7 Å². The molecule has 0 radical (unpaired) electrons. The van der Waals surface area contributed by atoms with Crippen LogP contribution in [-0.4, -0.2) is 15.2 Å². The van der Waals surface area contributed by atoms with Gasteiger partial charge in [-0.1, -0.05) is 23.7 Å². The number of anilines is 4. The highest BCUT2D eigenvalue weighted by atomic mass is 35.5. The molecule has 0 aliphatic rings. The van der Waals surface area contributed by atoms with E-state index in [9.17, 15) is 13.2 Å². The molecule has 0 amide bonds. The molecule has 0 aliphatic carbocycles. The van der Waals surface area contributed by atoms with Gasteiger partial charge in [-0.2, -0.15) is 23.3 Å². The first-order valence-electron chi connectivity index (χ1n) is 7.48. The van der Waals surface area contributed by atoms with Crippen molar-refractivity contribution >= 4 is 34.7 Å². The number of halogens is 4. The highest BCUT2D eigenvalue weighted by Crippen LogP contribution is 2.31. The standard InChI is InChI=1S/C17H13ClF3N5/c1-10-5-6-12(18)8-14(10)24-15-9-22-26-16(25-15)23-13-4-2-3-11(7-13)17(19,20)21/h2-9H,1H3,(H2,23,24,25,26). The minimum atomic E-state index is -4.43. The lowest BCUT2D eigenvalue weighted by molar-refractivity contribution is -0.137. The smallest absolute Gasteiger partial charge is 0.339 e. The van der Waals surface area contributed by atoms with Gasteiger partial charge >= 0.3 is 6.18 Å². The number of rotatable bonds is 4. The average molecular weight is 380 g/mol. The molecular weight excluding hydrogens is 367 g/mol. The molecule has 0 atom stereocenters. The van der Waals surface area contributed by atoms with Crippen molar-refractivity contribution in [2.24, 2.45) is 0 Å².